The van der Waals surface area contributed by atoms with Gasteiger partial charge in [-0.1, -0.05) is 24.6 Å². The number of ether oxygens (including phenoxy) is 1. The number of nitrogens with one attached hydrogen (secondary N) is 2. The van der Waals surface area contributed by atoms with E-state index in [9.17, 15) is 14.4 Å². The van der Waals surface area contributed by atoms with Gasteiger partial charge in [-0.15, -0.1) is 11.3 Å². The molecule has 28 heavy (non-hydrogen) atoms. The summed E-state index contributed by atoms with van der Waals surface area (Å²) in [6.45, 7) is 4.29. The second kappa shape index (κ2) is 10.2. The van der Waals surface area contributed by atoms with Crippen LogP contribution in [0.3, 0.4) is 0 Å². The Bertz CT molecular complexity index is 869. The summed E-state index contributed by atoms with van der Waals surface area (Å²) < 4.78 is 4.69. The molecule has 0 fully saturated rings. The van der Waals surface area contributed by atoms with Crippen LogP contribution in [0.25, 0.3) is 0 Å². The van der Waals surface area contributed by atoms with Crippen LogP contribution < -0.4 is 10.6 Å². The van der Waals surface area contributed by atoms with Crippen molar-refractivity contribution >= 4 is 52.1 Å². The molecule has 0 aliphatic rings. The largest absolute Gasteiger partial charge is 0.465 e. The Labute approximate surface area is 172 Å². The molecule has 1 heterocycles. The lowest BCUT2D eigenvalue weighted by molar-refractivity contribution is -0.119. The van der Waals surface area contributed by atoms with Gasteiger partial charge >= 0.3 is 5.97 Å². The summed E-state index contributed by atoms with van der Waals surface area (Å²) in [5.74, 6) is -1.07. The number of rotatable bonds is 8. The number of methoxy groups -OCH3 is 1. The van der Waals surface area contributed by atoms with Crippen LogP contribution >= 0.6 is 22.9 Å². The van der Waals surface area contributed by atoms with Gasteiger partial charge in [-0.3, -0.25) is 14.5 Å². The average molecular weight is 424 g/mol. The first kappa shape index (κ1) is 21.9. The van der Waals surface area contributed by atoms with Crippen LogP contribution in [0.15, 0.2) is 29.6 Å². The summed E-state index contributed by atoms with van der Waals surface area (Å²) in [6.07, 6.45) is 0. The number of esters is 1. The summed E-state index contributed by atoms with van der Waals surface area (Å²) in [5, 5.41) is 7.73. The molecule has 1 aromatic carbocycles. The zero-order valence-electron chi connectivity index (χ0n) is 15.9. The van der Waals surface area contributed by atoms with Crippen LogP contribution in [0.5, 0.6) is 0 Å². The number of carbonyl (C=O) groups is 3. The molecule has 0 aliphatic heterocycles. The number of carbonyl (C=O) groups excluding carboxylic acids is 3. The first-order valence-corrected chi connectivity index (χ1v) is 9.83. The number of hydrogen-bond donors (Lipinski definition) is 2. The number of halogens is 1. The van der Waals surface area contributed by atoms with Gasteiger partial charge in [-0.2, -0.15) is 0 Å². The minimum Gasteiger partial charge on any atom is -0.465 e. The molecule has 0 radical (unpaired) electrons. The SMILES string of the molecule is CCN(CC(=O)Nc1cc(Cl)ccc1C)CC(=O)Nc1ccsc1C(=O)OC. The summed E-state index contributed by atoms with van der Waals surface area (Å²) >= 11 is 7.15. The zero-order chi connectivity index (χ0) is 20.7. The maximum absolute atomic E-state index is 12.3. The lowest BCUT2D eigenvalue weighted by Gasteiger charge is -2.19. The van der Waals surface area contributed by atoms with E-state index in [0.29, 0.717) is 27.8 Å². The van der Waals surface area contributed by atoms with Crippen molar-refractivity contribution in [1.29, 1.82) is 0 Å². The van der Waals surface area contributed by atoms with Gasteiger partial charge in [0.1, 0.15) is 4.88 Å². The van der Waals surface area contributed by atoms with Crippen LogP contribution in [0.1, 0.15) is 22.2 Å². The molecule has 2 aromatic rings. The zero-order valence-corrected chi connectivity index (χ0v) is 17.4. The fourth-order valence-electron chi connectivity index (χ4n) is 2.45. The molecule has 150 valence electrons. The van der Waals surface area contributed by atoms with Gasteiger partial charge in [0.15, 0.2) is 0 Å². The Morgan fingerprint density at radius 2 is 1.75 bits per heavy atom. The molecular formula is C19H22ClN3O4S. The number of benzene rings is 1. The highest BCUT2D eigenvalue weighted by molar-refractivity contribution is 7.12. The number of nitrogens with zero attached hydrogens (tertiary/aromatic N) is 1. The molecule has 2 N–H and O–H groups in total. The first-order valence-electron chi connectivity index (χ1n) is 8.58. The van der Waals surface area contributed by atoms with Crippen LogP contribution in [0.2, 0.25) is 5.02 Å². The van der Waals surface area contributed by atoms with Crippen LogP contribution in [-0.2, 0) is 14.3 Å². The van der Waals surface area contributed by atoms with Gasteiger partial charge in [0.05, 0.1) is 25.9 Å². The molecular weight excluding hydrogens is 402 g/mol. The molecule has 0 spiro atoms. The van der Waals surface area contributed by atoms with Crippen LogP contribution in [0.4, 0.5) is 11.4 Å². The van der Waals surface area contributed by atoms with Gasteiger partial charge in [-0.25, -0.2) is 4.79 Å². The van der Waals surface area contributed by atoms with Gasteiger partial charge in [-0.05, 0) is 42.6 Å². The Hall–Kier alpha value is -2.42. The highest BCUT2D eigenvalue weighted by Crippen LogP contribution is 2.23. The summed E-state index contributed by atoms with van der Waals surface area (Å²) in [6, 6.07) is 6.90. The summed E-state index contributed by atoms with van der Waals surface area (Å²) in [5.41, 5.74) is 1.93. The lowest BCUT2D eigenvalue weighted by Crippen LogP contribution is -2.38. The lowest BCUT2D eigenvalue weighted by atomic mass is 10.2. The van der Waals surface area contributed by atoms with E-state index in [0.717, 1.165) is 5.56 Å². The molecule has 0 saturated carbocycles. The smallest absolute Gasteiger partial charge is 0.350 e. The monoisotopic (exact) mass is 423 g/mol. The minimum atomic E-state index is -0.506. The Morgan fingerprint density at radius 3 is 2.36 bits per heavy atom. The maximum Gasteiger partial charge on any atom is 0.350 e. The van der Waals surface area contributed by atoms with Crippen LogP contribution in [-0.4, -0.2) is 49.4 Å². The molecule has 0 aliphatic carbocycles. The molecule has 0 atom stereocenters. The third-order valence-corrected chi connectivity index (χ3v) is 5.09. The number of amides is 2. The fourth-order valence-corrected chi connectivity index (χ4v) is 3.39. The molecule has 0 bridgehead atoms. The standard InChI is InChI=1S/C19H22ClN3O4S/c1-4-23(11-17(25)22-15-9-13(20)6-5-12(15)2)10-16(24)21-14-7-8-28-18(14)19(26)27-3/h5-9H,4,10-11H2,1-3H3,(H,21,24)(H,22,25). The number of likely N-dealkylation sites (N-methyl/N-ethyl adjacent to an activating group) is 1. The van der Waals surface area contributed by atoms with Crippen molar-refractivity contribution in [3.05, 3.63) is 45.1 Å². The summed E-state index contributed by atoms with van der Waals surface area (Å²) in [4.78, 5) is 38.4. The predicted molar refractivity (Wildman–Crippen MR) is 111 cm³/mol. The van der Waals surface area contributed by atoms with Crippen molar-refractivity contribution in [3.8, 4) is 0 Å². The van der Waals surface area contributed by atoms with Gasteiger partial charge in [0, 0.05) is 10.7 Å². The van der Waals surface area contributed by atoms with E-state index in [1.807, 2.05) is 19.9 Å². The van der Waals surface area contributed by atoms with Gasteiger partial charge < -0.3 is 15.4 Å². The van der Waals surface area contributed by atoms with Crippen molar-refractivity contribution in [3.63, 3.8) is 0 Å². The van der Waals surface area contributed by atoms with Crippen molar-refractivity contribution < 1.29 is 19.1 Å². The Balaban J connectivity index is 1.93. The number of hydrogen-bond acceptors (Lipinski definition) is 6. The van der Waals surface area contributed by atoms with Gasteiger partial charge in [0.25, 0.3) is 0 Å². The van der Waals surface area contributed by atoms with E-state index in [1.165, 1.54) is 18.4 Å². The molecule has 0 unspecified atom stereocenters. The molecule has 7 nitrogen and oxygen atoms in total. The van der Waals surface area contributed by atoms with E-state index in [4.69, 9.17) is 16.3 Å². The molecule has 2 amide bonds. The van der Waals surface area contributed by atoms with E-state index >= 15 is 0 Å². The first-order chi connectivity index (χ1) is 13.3. The topological polar surface area (TPSA) is 87.7 Å². The summed E-state index contributed by atoms with van der Waals surface area (Å²) in [7, 11) is 1.28. The van der Waals surface area contributed by atoms with E-state index in [2.05, 4.69) is 10.6 Å². The third-order valence-electron chi connectivity index (χ3n) is 3.97. The molecule has 0 saturated heterocycles. The number of aryl methyl sites for hydroxylation is 1. The second-order valence-corrected chi connectivity index (χ2v) is 7.37. The normalized spacial score (nSPS) is 10.6. The van der Waals surface area contributed by atoms with Crippen molar-refractivity contribution in [2.75, 3.05) is 37.4 Å². The van der Waals surface area contributed by atoms with E-state index in [1.54, 1.807) is 28.5 Å². The van der Waals surface area contributed by atoms with E-state index < -0.39 is 5.97 Å². The predicted octanol–water partition coefficient (Wildman–Crippen LogP) is 3.40. The average Bonchev–Trinajstić information content (AvgIpc) is 3.11. The van der Waals surface area contributed by atoms with Gasteiger partial charge in [0.2, 0.25) is 11.8 Å². The van der Waals surface area contributed by atoms with Crippen molar-refractivity contribution in [2.45, 2.75) is 13.8 Å². The molecule has 1 aromatic heterocycles. The highest BCUT2D eigenvalue weighted by Gasteiger charge is 2.18. The Morgan fingerprint density at radius 1 is 1.11 bits per heavy atom. The molecule has 2 rings (SSSR count). The third kappa shape index (κ3) is 6.05. The maximum atomic E-state index is 12.3. The number of thiophene rings is 1. The molecule has 9 heteroatoms. The van der Waals surface area contributed by atoms with E-state index in [-0.39, 0.29) is 24.9 Å². The van der Waals surface area contributed by atoms with Crippen molar-refractivity contribution in [1.82, 2.24) is 4.90 Å². The quantitative estimate of drug-likeness (QED) is 0.635. The van der Waals surface area contributed by atoms with Crippen molar-refractivity contribution in [2.24, 2.45) is 0 Å². The Kier molecular flexibility index (Phi) is 7.98. The highest BCUT2D eigenvalue weighted by atomic mass is 35.5. The fraction of sp³-hybridized carbons (Fsp3) is 0.316. The number of anilines is 2. The van der Waals surface area contributed by atoms with Crippen LogP contribution in [0, 0.1) is 6.92 Å². The second-order valence-electron chi connectivity index (χ2n) is 6.01. The minimum absolute atomic E-state index is 0.00884.